The van der Waals surface area contributed by atoms with Crippen LogP contribution in [-0.2, 0) is 0 Å². The van der Waals surface area contributed by atoms with Gasteiger partial charge in [-0.1, -0.05) is 0 Å². The number of aromatic nitrogens is 2. The lowest BCUT2D eigenvalue weighted by atomic mass is 10.4. The Kier molecular flexibility index (Phi) is 2.58. The molecule has 5 heteroatoms. The molecule has 2 rings (SSSR count). The Balaban J connectivity index is 2.39. The van der Waals surface area contributed by atoms with Gasteiger partial charge in [-0.2, -0.15) is 0 Å². The van der Waals surface area contributed by atoms with Gasteiger partial charge in [-0.15, -0.1) is 0 Å². The van der Waals surface area contributed by atoms with E-state index in [2.05, 4.69) is 30.8 Å². The van der Waals surface area contributed by atoms with Gasteiger partial charge in [-0.25, -0.2) is 4.98 Å². The van der Waals surface area contributed by atoms with Gasteiger partial charge in [0.2, 0.25) is 5.95 Å². The first-order valence-corrected chi connectivity index (χ1v) is 5.49. The fourth-order valence-corrected chi connectivity index (χ4v) is 1.82. The molecule has 1 N–H and O–H groups in total. The summed E-state index contributed by atoms with van der Waals surface area (Å²) in [5, 5.41) is 0. The Bertz CT molecular complexity index is 396. The Morgan fingerprint density at radius 2 is 2.07 bits per heavy atom. The van der Waals surface area contributed by atoms with Crippen LogP contribution in [0.2, 0.25) is 0 Å². The normalized spacial score (nSPS) is 16.3. The number of nitrogens with one attached hydrogen (secondary N) is 1. The standard InChI is InChI=1S/C9H12BrN3O/c1-6-7(10)8(14)12-9(11-6)13-4-2-3-5-13/h2-5H2,1H3,(H,11,12,14). The van der Waals surface area contributed by atoms with Crippen LogP contribution in [0.1, 0.15) is 18.5 Å². The van der Waals surface area contributed by atoms with E-state index >= 15 is 0 Å². The summed E-state index contributed by atoms with van der Waals surface area (Å²) in [6.07, 6.45) is 2.36. The highest BCUT2D eigenvalue weighted by molar-refractivity contribution is 9.10. The first-order chi connectivity index (χ1) is 6.68. The minimum Gasteiger partial charge on any atom is -0.342 e. The highest BCUT2D eigenvalue weighted by atomic mass is 79.9. The number of anilines is 1. The summed E-state index contributed by atoms with van der Waals surface area (Å²) in [5.74, 6) is 0.702. The van der Waals surface area contributed by atoms with E-state index < -0.39 is 0 Å². The van der Waals surface area contributed by atoms with E-state index in [1.165, 1.54) is 12.8 Å². The molecule has 4 nitrogen and oxygen atoms in total. The maximum absolute atomic E-state index is 11.4. The molecule has 76 valence electrons. The molecule has 0 radical (unpaired) electrons. The maximum Gasteiger partial charge on any atom is 0.266 e. The fraction of sp³-hybridized carbons (Fsp3) is 0.556. The molecule has 1 aromatic rings. The van der Waals surface area contributed by atoms with Gasteiger partial charge in [0, 0.05) is 13.1 Å². The van der Waals surface area contributed by atoms with Crippen molar-refractivity contribution in [2.45, 2.75) is 19.8 Å². The van der Waals surface area contributed by atoms with Crippen molar-refractivity contribution in [1.82, 2.24) is 9.97 Å². The highest BCUT2D eigenvalue weighted by Crippen LogP contribution is 2.16. The molecule has 0 saturated carbocycles. The molecule has 1 aromatic heterocycles. The molecule has 2 heterocycles. The minimum atomic E-state index is -0.0978. The van der Waals surface area contributed by atoms with Crippen molar-refractivity contribution in [1.29, 1.82) is 0 Å². The molecule has 14 heavy (non-hydrogen) atoms. The number of rotatable bonds is 1. The van der Waals surface area contributed by atoms with Crippen molar-refractivity contribution in [3.63, 3.8) is 0 Å². The fourth-order valence-electron chi connectivity index (χ4n) is 1.64. The van der Waals surface area contributed by atoms with Crippen molar-refractivity contribution >= 4 is 21.9 Å². The van der Waals surface area contributed by atoms with Gasteiger partial charge in [0.05, 0.1) is 5.69 Å². The Hall–Kier alpha value is -0.840. The van der Waals surface area contributed by atoms with E-state index in [-0.39, 0.29) is 5.56 Å². The maximum atomic E-state index is 11.4. The lowest BCUT2D eigenvalue weighted by Crippen LogP contribution is -2.24. The van der Waals surface area contributed by atoms with Crippen molar-refractivity contribution in [3.05, 3.63) is 20.5 Å². The number of hydrogen-bond acceptors (Lipinski definition) is 3. The molecular weight excluding hydrogens is 246 g/mol. The summed E-state index contributed by atoms with van der Waals surface area (Å²) in [4.78, 5) is 20.7. The molecule has 1 aliphatic heterocycles. The van der Waals surface area contributed by atoms with Crippen molar-refractivity contribution in [2.75, 3.05) is 18.0 Å². The molecule has 1 saturated heterocycles. The Labute approximate surface area is 90.5 Å². The van der Waals surface area contributed by atoms with Gasteiger partial charge in [-0.05, 0) is 35.7 Å². The molecule has 0 aliphatic carbocycles. The molecule has 0 spiro atoms. The van der Waals surface area contributed by atoms with Crippen LogP contribution >= 0.6 is 15.9 Å². The summed E-state index contributed by atoms with van der Waals surface area (Å²) in [6.45, 7) is 3.81. The molecule has 0 bridgehead atoms. The number of H-pyrrole nitrogens is 1. The van der Waals surface area contributed by atoms with Crippen LogP contribution in [0.5, 0.6) is 0 Å². The number of aryl methyl sites for hydroxylation is 1. The molecule has 0 amide bonds. The summed E-state index contributed by atoms with van der Waals surface area (Å²) in [7, 11) is 0. The van der Waals surface area contributed by atoms with Crippen LogP contribution in [-0.4, -0.2) is 23.1 Å². The lowest BCUT2D eigenvalue weighted by Gasteiger charge is -2.15. The van der Waals surface area contributed by atoms with Crippen LogP contribution in [0.4, 0.5) is 5.95 Å². The zero-order valence-electron chi connectivity index (χ0n) is 8.01. The van der Waals surface area contributed by atoms with Crippen LogP contribution in [0, 0.1) is 6.92 Å². The quantitative estimate of drug-likeness (QED) is 0.829. The van der Waals surface area contributed by atoms with Gasteiger partial charge in [-0.3, -0.25) is 9.78 Å². The third-order valence-corrected chi connectivity index (χ3v) is 3.36. The summed E-state index contributed by atoms with van der Waals surface area (Å²) >= 11 is 3.20. The van der Waals surface area contributed by atoms with Gasteiger partial charge in [0.15, 0.2) is 0 Å². The molecule has 0 unspecified atom stereocenters. The lowest BCUT2D eigenvalue weighted by molar-refractivity contribution is 0.875. The molecular formula is C9H12BrN3O. The van der Waals surface area contributed by atoms with Gasteiger partial charge < -0.3 is 4.90 Å². The largest absolute Gasteiger partial charge is 0.342 e. The zero-order chi connectivity index (χ0) is 10.1. The van der Waals surface area contributed by atoms with Gasteiger partial charge >= 0.3 is 0 Å². The van der Waals surface area contributed by atoms with E-state index in [0.29, 0.717) is 10.4 Å². The third-order valence-electron chi connectivity index (χ3n) is 2.42. The van der Waals surface area contributed by atoms with Crippen LogP contribution in [0.25, 0.3) is 0 Å². The molecule has 1 aliphatic rings. The smallest absolute Gasteiger partial charge is 0.266 e. The molecule has 0 atom stereocenters. The average Bonchev–Trinajstić information content (AvgIpc) is 2.66. The van der Waals surface area contributed by atoms with Crippen LogP contribution in [0.3, 0.4) is 0 Å². The minimum absolute atomic E-state index is 0.0978. The Morgan fingerprint density at radius 1 is 1.43 bits per heavy atom. The molecule has 1 fully saturated rings. The van der Waals surface area contributed by atoms with E-state index in [0.717, 1.165) is 18.8 Å². The first-order valence-electron chi connectivity index (χ1n) is 4.70. The monoisotopic (exact) mass is 257 g/mol. The SMILES string of the molecule is Cc1nc(N2CCCC2)[nH]c(=O)c1Br. The number of halogens is 1. The summed E-state index contributed by atoms with van der Waals surface area (Å²) < 4.78 is 0.528. The predicted octanol–water partition coefficient (Wildman–Crippen LogP) is 1.44. The first kappa shape index (κ1) is 9.71. The Morgan fingerprint density at radius 3 is 2.64 bits per heavy atom. The predicted molar refractivity (Wildman–Crippen MR) is 58.7 cm³/mol. The number of nitrogens with zero attached hydrogens (tertiary/aromatic N) is 2. The van der Waals surface area contributed by atoms with E-state index in [1.54, 1.807) is 0 Å². The van der Waals surface area contributed by atoms with E-state index in [1.807, 2.05) is 6.92 Å². The zero-order valence-corrected chi connectivity index (χ0v) is 9.60. The van der Waals surface area contributed by atoms with E-state index in [4.69, 9.17) is 0 Å². The van der Waals surface area contributed by atoms with Crippen molar-refractivity contribution in [2.24, 2.45) is 0 Å². The van der Waals surface area contributed by atoms with Crippen LogP contribution in [0.15, 0.2) is 9.27 Å². The van der Waals surface area contributed by atoms with Crippen LogP contribution < -0.4 is 10.5 Å². The highest BCUT2D eigenvalue weighted by Gasteiger charge is 2.15. The average molecular weight is 258 g/mol. The summed E-state index contributed by atoms with van der Waals surface area (Å²) in [6, 6.07) is 0. The van der Waals surface area contributed by atoms with Crippen molar-refractivity contribution < 1.29 is 0 Å². The summed E-state index contributed by atoms with van der Waals surface area (Å²) in [5.41, 5.74) is 0.648. The number of hydrogen-bond donors (Lipinski definition) is 1. The second-order valence-electron chi connectivity index (χ2n) is 3.48. The van der Waals surface area contributed by atoms with Crippen molar-refractivity contribution in [3.8, 4) is 0 Å². The third kappa shape index (κ3) is 1.68. The second-order valence-corrected chi connectivity index (χ2v) is 4.28. The van der Waals surface area contributed by atoms with E-state index in [9.17, 15) is 4.79 Å². The number of aromatic amines is 1. The second kappa shape index (κ2) is 3.73. The van der Waals surface area contributed by atoms with Gasteiger partial charge in [0.1, 0.15) is 4.47 Å². The molecule has 0 aromatic carbocycles. The van der Waals surface area contributed by atoms with Gasteiger partial charge in [0.25, 0.3) is 5.56 Å². The topological polar surface area (TPSA) is 49.0 Å².